The maximum Gasteiger partial charge on any atom is 0.226 e. The summed E-state index contributed by atoms with van der Waals surface area (Å²) >= 11 is 0. The van der Waals surface area contributed by atoms with Crippen LogP contribution in [0.4, 0.5) is 11.8 Å². The van der Waals surface area contributed by atoms with Crippen LogP contribution in [-0.4, -0.2) is 65.1 Å². The van der Waals surface area contributed by atoms with Gasteiger partial charge in [-0.25, -0.2) is 4.98 Å². The van der Waals surface area contributed by atoms with Crippen LogP contribution in [0.1, 0.15) is 12.8 Å². The lowest BCUT2D eigenvalue weighted by molar-refractivity contribution is 0.247. The number of fused-ring (bicyclic) bond motifs is 1. The van der Waals surface area contributed by atoms with E-state index in [4.69, 9.17) is 0 Å². The zero-order chi connectivity index (χ0) is 14.1. The number of aromatic amines is 1. The summed E-state index contributed by atoms with van der Waals surface area (Å²) in [6, 6.07) is 0.472. The van der Waals surface area contributed by atoms with E-state index in [9.17, 15) is 0 Å². The lowest BCUT2D eigenvalue weighted by Gasteiger charge is -2.36. The lowest BCUT2D eigenvalue weighted by Crippen LogP contribution is -2.45. The molecule has 0 bridgehead atoms. The molecule has 1 aliphatic rings. The Hall–Kier alpha value is -1.89. The standard InChI is InChI=1S/C13H21N7/c1-14-13-17-11-10(15-8-16-11)12(18-13)20(3)9-5-4-6-19(2)7-9/h8-9H,4-7H2,1-3H3,(H2,14,15,16,17,18). The van der Waals surface area contributed by atoms with Crippen molar-refractivity contribution in [2.45, 2.75) is 18.9 Å². The van der Waals surface area contributed by atoms with Crippen LogP contribution >= 0.6 is 0 Å². The number of rotatable bonds is 3. The molecule has 2 N–H and O–H groups in total. The van der Waals surface area contributed by atoms with Crippen molar-refractivity contribution in [1.82, 2.24) is 24.8 Å². The first-order valence-electron chi connectivity index (χ1n) is 6.99. The van der Waals surface area contributed by atoms with Crippen LogP contribution in [0.5, 0.6) is 0 Å². The molecule has 1 atom stereocenters. The molecule has 1 unspecified atom stereocenters. The molecule has 1 aliphatic heterocycles. The molecule has 1 saturated heterocycles. The van der Waals surface area contributed by atoms with Crippen molar-refractivity contribution in [2.24, 2.45) is 0 Å². The number of H-pyrrole nitrogens is 1. The molecule has 2 aromatic heterocycles. The van der Waals surface area contributed by atoms with E-state index in [1.165, 1.54) is 19.4 Å². The summed E-state index contributed by atoms with van der Waals surface area (Å²) in [7, 11) is 6.10. The molecule has 0 aromatic carbocycles. The summed E-state index contributed by atoms with van der Waals surface area (Å²) < 4.78 is 0. The Kier molecular flexibility index (Phi) is 3.43. The average molecular weight is 275 g/mol. The van der Waals surface area contributed by atoms with Gasteiger partial charge in [0, 0.05) is 26.7 Å². The number of anilines is 2. The monoisotopic (exact) mass is 275 g/mol. The van der Waals surface area contributed by atoms with Crippen LogP contribution in [0.2, 0.25) is 0 Å². The highest BCUT2D eigenvalue weighted by atomic mass is 15.3. The molecule has 0 radical (unpaired) electrons. The minimum Gasteiger partial charge on any atom is -0.357 e. The fourth-order valence-corrected chi connectivity index (χ4v) is 2.81. The summed E-state index contributed by atoms with van der Waals surface area (Å²) in [5.74, 6) is 1.52. The molecule has 20 heavy (non-hydrogen) atoms. The van der Waals surface area contributed by atoms with Crippen molar-refractivity contribution >= 4 is 22.9 Å². The molecular formula is C13H21N7. The SMILES string of the molecule is CNc1nc(N(C)C2CCCN(C)C2)c2[nH]cnc2n1. The second-order valence-corrected chi connectivity index (χ2v) is 5.39. The van der Waals surface area contributed by atoms with Gasteiger partial charge in [0.25, 0.3) is 0 Å². The molecule has 1 fully saturated rings. The van der Waals surface area contributed by atoms with Crippen molar-refractivity contribution in [3.8, 4) is 0 Å². The largest absolute Gasteiger partial charge is 0.357 e. The van der Waals surface area contributed by atoms with E-state index in [0.717, 1.165) is 17.9 Å². The van der Waals surface area contributed by atoms with Crippen molar-refractivity contribution in [3.05, 3.63) is 6.33 Å². The van der Waals surface area contributed by atoms with Gasteiger partial charge in [-0.3, -0.25) is 0 Å². The van der Waals surface area contributed by atoms with Gasteiger partial charge in [0.05, 0.1) is 6.33 Å². The summed E-state index contributed by atoms with van der Waals surface area (Å²) in [6.07, 6.45) is 4.08. The fraction of sp³-hybridized carbons (Fsp3) is 0.615. The van der Waals surface area contributed by atoms with Crippen LogP contribution in [0.25, 0.3) is 11.2 Å². The van der Waals surface area contributed by atoms with Crippen molar-refractivity contribution in [1.29, 1.82) is 0 Å². The Balaban J connectivity index is 1.97. The highest BCUT2D eigenvalue weighted by Gasteiger charge is 2.24. The summed E-state index contributed by atoms with van der Waals surface area (Å²) in [6.45, 7) is 2.24. The number of hydrogen-bond acceptors (Lipinski definition) is 6. The van der Waals surface area contributed by atoms with E-state index in [-0.39, 0.29) is 0 Å². The Morgan fingerprint density at radius 3 is 3.05 bits per heavy atom. The van der Waals surface area contributed by atoms with Gasteiger partial charge in [0.15, 0.2) is 11.5 Å². The Bertz CT molecular complexity index is 593. The first kappa shape index (κ1) is 13.1. The Labute approximate surface area is 118 Å². The molecule has 7 nitrogen and oxygen atoms in total. The maximum absolute atomic E-state index is 4.61. The number of piperidine rings is 1. The van der Waals surface area contributed by atoms with Crippen LogP contribution in [0.3, 0.4) is 0 Å². The molecule has 0 aliphatic carbocycles. The van der Waals surface area contributed by atoms with E-state index in [0.29, 0.717) is 17.6 Å². The summed E-state index contributed by atoms with van der Waals surface area (Å²) in [5, 5.41) is 3.00. The smallest absolute Gasteiger partial charge is 0.226 e. The van der Waals surface area contributed by atoms with Gasteiger partial charge < -0.3 is 20.1 Å². The second-order valence-electron chi connectivity index (χ2n) is 5.39. The predicted octanol–water partition coefficient (Wildman–Crippen LogP) is 0.925. The zero-order valence-corrected chi connectivity index (χ0v) is 12.2. The van der Waals surface area contributed by atoms with Crippen LogP contribution < -0.4 is 10.2 Å². The molecule has 7 heteroatoms. The number of aromatic nitrogens is 4. The molecule has 3 rings (SSSR count). The van der Waals surface area contributed by atoms with Gasteiger partial charge in [-0.2, -0.15) is 9.97 Å². The minimum absolute atomic E-state index is 0.472. The average Bonchev–Trinajstić information content (AvgIpc) is 2.93. The molecule has 108 valence electrons. The number of nitrogens with one attached hydrogen (secondary N) is 2. The third-order valence-corrected chi connectivity index (χ3v) is 3.97. The minimum atomic E-state index is 0.472. The van der Waals surface area contributed by atoms with Gasteiger partial charge in [-0.1, -0.05) is 0 Å². The van der Waals surface area contributed by atoms with Gasteiger partial charge in [-0.05, 0) is 26.4 Å². The third-order valence-electron chi connectivity index (χ3n) is 3.97. The van der Waals surface area contributed by atoms with Crippen LogP contribution in [0, 0.1) is 0 Å². The second kappa shape index (κ2) is 5.24. The van der Waals surface area contributed by atoms with E-state index >= 15 is 0 Å². The molecule has 3 heterocycles. The number of imidazole rings is 1. The van der Waals surface area contributed by atoms with Gasteiger partial charge >= 0.3 is 0 Å². The van der Waals surface area contributed by atoms with Crippen LogP contribution in [0.15, 0.2) is 6.33 Å². The van der Waals surface area contributed by atoms with Gasteiger partial charge in [0.1, 0.15) is 5.52 Å². The normalized spacial score (nSPS) is 20.2. The van der Waals surface area contributed by atoms with Crippen molar-refractivity contribution < 1.29 is 0 Å². The summed E-state index contributed by atoms with van der Waals surface area (Å²) in [4.78, 5) is 21.0. The van der Waals surface area contributed by atoms with Crippen LogP contribution in [-0.2, 0) is 0 Å². The number of hydrogen-bond donors (Lipinski definition) is 2. The van der Waals surface area contributed by atoms with E-state index in [1.54, 1.807) is 6.33 Å². The molecule has 0 amide bonds. The quantitative estimate of drug-likeness (QED) is 0.868. The predicted molar refractivity (Wildman–Crippen MR) is 80.2 cm³/mol. The van der Waals surface area contributed by atoms with Crippen molar-refractivity contribution in [3.63, 3.8) is 0 Å². The Morgan fingerprint density at radius 2 is 2.30 bits per heavy atom. The van der Waals surface area contributed by atoms with E-state index in [2.05, 4.69) is 49.1 Å². The number of likely N-dealkylation sites (tertiary alicyclic amines) is 1. The van der Waals surface area contributed by atoms with E-state index in [1.807, 2.05) is 7.05 Å². The lowest BCUT2D eigenvalue weighted by atomic mass is 10.1. The topological polar surface area (TPSA) is 73.0 Å². The fourth-order valence-electron chi connectivity index (χ4n) is 2.81. The first-order valence-corrected chi connectivity index (χ1v) is 6.99. The van der Waals surface area contributed by atoms with E-state index < -0.39 is 0 Å². The molecule has 0 spiro atoms. The number of likely N-dealkylation sites (N-methyl/N-ethyl adjacent to an activating group) is 2. The molecule has 2 aromatic rings. The molecular weight excluding hydrogens is 254 g/mol. The highest BCUT2D eigenvalue weighted by Crippen LogP contribution is 2.25. The van der Waals surface area contributed by atoms with Crippen molar-refractivity contribution in [2.75, 3.05) is 44.4 Å². The third kappa shape index (κ3) is 2.29. The van der Waals surface area contributed by atoms with Gasteiger partial charge in [-0.15, -0.1) is 0 Å². The first-order chi connectivity index (χ1) is 9.69. The zero-order valence-electron chi connectivity index (χ0n) is 12.2. The summed E-state index contributed by atoms with van der Waals surface area (Å²) in [5.41, 5.74) is 1.61. The maximum atomic E-state index is 4.61. The molecule has 0 saturated carbocycles. The van der Waals surface area contributed by atoms with Gasteiger partial charge in [0.2, 0.25) is 5.95 Å². The Morgan fingerprint density at radius 1 is 1.45 bits per heavy atom. The highest BCUT2D eigenvalue weighted by molar-refractivity contribution is 5.84. The number of nitrogens with zero attached hydrogens (tertiary/aromatic N) is 5.